The lowest BCUT2D eigenvalue weighted by Crippen LogP contribution is -2.55. The number of ether oxygens (including phenoxy) is 3. The number of carboxylic acids is 3. The van der Waals surface area contributed by atoms with Crippen LogP contribution in [0.4, 0.5) is 43.7 Å². The monoisotopic (exact) mass is 1510 g/mol. The highest BCUT2D eigenvalue weighted by atomic mass is 16.6. The van der Waals surface area contributed by atoms with Crippen LogP contribution in [0, 0.1) is 0 Å². The van der Waals surface area contributed by atoms with E-state index in [0.29, 0.717) is 24.4 Å². The number of carbonyl (C=O) groups excluding carboxylic acids is 16. The van der Waals surface area contributed by atoms with Gasteiger partial charge in [0, 0.05) is 32.8 Å². The minimum Gasteiger partial charge on any atom is -0.481 e. The Labute approximate surface area is 620 Å². The van der Waals surface area contributed by atoms with Crippen LogP contribution in [0.3, 0.4) is 0 Å². The molecule has 1 fully saturated rings. The molecule has 1 unspecified atom stereocenters. The third-order valence-electron chi connectivity index (χ3n) is 16.4. The topological polar surface area (TPSA) is 504 Å². The van der Waals surface area contributed by atoms with E-state index in [1.54, 1.807) is 97.1 Å². The quantitative estimate of drug-likeness (QED) is 0.0203. The predicted molar refractivity (Wildman–Crippen MR) is 380 cm³/mol. The molecule has 0 spiro atoms. The van der Waals surface area contributed by atoms with Gasteiger partial charge in [-0.1, -0.05) is 97.1 Å². The molecule has 109 heavy (non-hydrogen) atoms. The molecule has 4 aliphatic heterocycles. The van der Waals surface area contributed by atoms with E-state index in [4.69, 9.17) is 29.5 Å². The molecule has 0 saturated carbocycles. The third kappa shape index (κ3) is 23.4. The molecule has 12 amide bonds. The van der Waals surface area contributed by atoms with Gasteiger partial charge >= 0.3 is 30.1 Å². The summed E-state index contributed by atoms with van der Waals surface area (Å²) >= 11 is 0. The molecule has 4 aliphatic rings. The Kier molecular flexibility index (Phi) is 29.9. The number of Topliss-reactive ketones (excluding diaryl/α,β-unsaturated/α-hetero) is 1. The average molecular weight is 1510 g/mol. The largest absolute Gasteiger partial charge is 0.481 e. The summed E-state index contributed by atoms with van der Waals surface area (Å²) in [6, 6.07) is 27.7. The van der Waals surface area contributed by atoms with E-state index >= 15 is 0 Å². The second-order valence-electron chi connectivity index (χ2n) is 24.4. The number of hydrogen-bond donors (Lipinski definition) is 9. The van der Waals surface area contributed by atoms with Crippen molar-refractivity contribution in [2.45, 2.75) is 95.4 Å². The van der Waals surface area contributed by atoms with Crippen molar-refractivity contribution in [3.8, 4) is 0 Å². The summed E-state index contributed by atoms with van der Waals surface area (Å²) in [6.07, 6.45) is -2.80. The zero-order valence-corrected chi connectivity index (χ0v) is 58.7. The van der Waals surface area contributed by atoms with Gasteiger partial charge in [-0.2, -0.15) is 0 Å². The van der Waals surface area contributed by atoms with Crippen molar-refractivity contribution in [3.63, 3.8) is 0 Å². The fourth-order valence-electron chi connectivity index (χ4n) is 11.4. The number of hydrogen-bond acceptors (Lipinski definition) is 22. The Morgan fingerprint density at radius 3 is 1.12 bits per heavy atom. The third-order valence-corrected chi connectivity index (χ3v) is 16.4. The van der Waals surface area contributed by atoms with Crippen LogP contribution in [0.2, 0.25) is 0 Å². The van der Waals surface area contributed by atoms with Crippen LogP contribution in [0.25, 0.3) is 0 Å². The van der Waals surface area contributed by atoms with Crippen LogP contribution in [-0.4, -0.2) is 224 Å². The Morgan fingerprint density at radius 2 is 0.789 bits per heavy atom. The lowest BCUT2D eigenvalue weighted by atomic mass is 10.1. The predicted octanol–water partition coefficient (Wildman–Crippen LogP) is 0.180. The van der Waals surface area contributed by atoms with Gasteiger partial charge in [0.1, 0.15) is 69.3 Å². The number of para-hydroxylation sites is 6. The number of carbonyl (C=O) groups is 19. The molecule has 37 heteroatoms. The highest BCUT2D eigenvalue weighted by Crippen LogP contribution is 2.36. The number of nitrogens with one attached hydrogen (secondary N) is 6. The van der Waals surface area contributed by atoms with E-state index in [-0.39, 0.29) is 80.0 Å². The van der Waals surface area contributed by atoms with Gasteiger partial charge in [0.05, 0.1) is 104 Å². The van der Waals surface area contributed by atoms with Crippen LogP contribution in [0.15, 0.2) is 133 Å². The number of benzene rings is 5. The van der Waals surface area contributed by atoms with E-state index in [2.05, 4.69) is 31.9 Å². The van der Waals surface area contributed by atoms with Crippen LogP contribution in [0.5, 0.6) is 0 Å². The number of aliphatic carboxylic acids is 3. The molecule has 5 aromatic rings. The molecule has 37 nitrogen and oxygen atoms in total. The van der Waals surface area contributed by atoms with Gasteiger partial charge in [0.25, 0.3) is 23.6 Å². The van der Waals surface area contributed by atoms with E-state index < -0.39 is 176 Å². The molecule has 574 valence electrons. The van der Waals surface area contributed by atoms with Crippen molar-refractivity contribution in [1.82, 2.24) is 31.9 Å². The van der Waals surface area contributed by atoms with Gasteiger partial charge < -0.3 is 90.5 Å². The van der Waals surface area contributed by atoms with Crippen LogP contribution in [0.1, 0.15) is 62.4 Å². The first-order chi connectivity index (χ1) is 52.0. The lowest BCUT2D eigenvalue weighted by molar-refractivity contribution is -0.139. The first-order valence-electron chi connectivity index (χ1n) is 33.4. The van der Waals surface area contributed by atoms with Gasteiger partial charge in [-0.3, -0.25) is 81.8 Å². The summed E-state index contributed by atoms with van der Waals surface area (Å²) in [6.45, 7) is 1.92. The molecule has 1 saturated heterocycles. The number of aldehydes is 3. The summed E-state index contributed by atoms with van der Waals surface area (Å²) in [5, 5.41) is 40.8. The molecule has 0 bridgehead atoms. The zero-order chi connectivity index (χ0) is 79.6. The fourth-order valence-corrected chi connectivity index (χ4v) is 11.4. The molecule has 0 radical (unpaired) electrons. The van der Waals surface area contributed by atoms with E-state index in [1.807, 2.05) is 6.07 Å². The van der Waals surface area contributed by atoms with Gasteiger partial charge in [0.2, 0.25) is 41.2 Å². The number of ketones is 1. The first-order valence-corrected chi connectivity index (χ1v) is 33.4. The normalized spacial score (nSPS) is 17.1. The minimum atomic E-state index is -1.40. The highest BCUT2D eigenvalue weighted by Gasteiger charge is 2.42. The van der Waals surface area contributed by atoms with Crippen LogP contribution >= 0.6 is 0 Å². The molecular formula is C72H76N12O25. The van der Waals surface area contributed by atoms with E-state index in [1.165, 1.54) is 65.8 Å². The SMILES string of the molecule is CC(=O)N1C[C@H](NC(=O)C(=O)c2ccccc2)C(=O)N(CC(=O)N[C@H](C=O)CC(=O)O)c2ccccc21.CC(=O)N1C[C@H](NC(=O)OC2CCOC2)C(=O)N(CC(=O)N[C@H](C=O)CC(=O)O)c2ccccc21.CC(=O)N1C[C@H](NC(=O)OCc2ccccc2)C(=O)N(CC(=O)N[C@H](C=O)CC(=O)O)c2ccccc21. The van der Waals surface area contributed by atoms with Gasteiger partial charge in [0.15, 0.2) is 0 Å². The molecular weight excluding hydrogens is 1430 g/mol. The van der Waals surface area contributed by atoms with Gasteiger partial charge in [-0.15, -0.1) is 0 Å². The number of rotatable bonds is 26. The Bertz CT molecular complexity index is 4290. The second-order valence-corrected chi connectivity index (χ2v) is 24.4. The number of amides is 12. The fraction of sp³-hybridized carbons (Fsp3) is 0.319. The Hall–Kier alpha value is -13.6. The maximum Gasteiger partial charge on any atom is 0.408 e. The summed E-state index contributed by atoms with van der Waals surface area (Å²) in [5.41, 5.74) is 2.39. The molecule has 0 aromatic heterocycles. The minimum absolute atomic E-state index is 0.0486. The van der Waals surface area contributed by atoms with E-state index in [9.17, 15) is 91.1 Å². The molecule has 4 heterocycles. The Balaban J connectivity index is 0.000000228. The molecule has 9 rings (SSSR count). The van der Waals surface area contributed by atoms with Crippen molar-refractivity contribution < 1.29 is 121 Å². The number of anilines is 6. The van der Waals surface area contributed by atoms with Crippen LogP contribution in [-0.2, 0) is 97.5 Å². The lowest BCUT2D eigenvalue weighted by Gasteiger charge is -2.25. The Morgan fingerprint density at radius 1 is 0.459 bits per heavy atom. The average Bonchev–Trinajstić information content (AvgIpc) is 1.67. The summed E-state index contributed by atoms with van der Waals surface area (Å²) < 4.78 is 15.7. The standard InChI is InChI=1S/C25H26N4O8.C25H24N4O8.C22H26N4O9/c1-16(31)28-12-19(27-25(36)37-15-17-7-3-2-4-8-17)24(35)29(21-10-6-5-9-20(21)28)13-22(32)26-18(14-30)11-23(33)34;1-15(31)28-12-18(27-24(36)23(35)16-7-3-2-4-8-16)25(37)29(20-10-6-5-9-19(20)28)13-21(32)26-17(14-30)11-22(33)34;1-13(28)25-9-16(24-22(33)35-15-6-7-34-12-15)21(32)26(18-5-3-2-4-17(18)25)10-19(29)23-14(11-27)8-20(30)31/h2-10,14,18-19H,11-13,15H2,1H3,(H,26,32)(H,27,36)(H,33,34);2-10,14,17-18H,11-13H2,1H3,(H,26,32)(H,27,36)(H,33,34);2-5,11,14-16H,6-10,12H2,1H3,(H,23,29)(H,24,33)(H,30,31)/t18-,19-;17-,18-;14-,15?,16-/m000/s1. The van der Waals surface area contributed by atoms with Crippen molar-refractivity contribution in [2.24, 2.45) is 0 Å². The van der Waals surface area contributed by atoms with Crippen molar-refractivity contribution in [2.75, 3.05) is 81.9 Å². The smallest absolute Gasteiger partial charge is 0.408 e. The molecule has 7 atom stereocenters. The second kappa shape index (κ2) is 39.5. The molecule has 5 aromatic carbocycles. The summed E-state index contributed by atoms with van der Waals surface area (Å²) in [7, 11) is 0. The van der Waals surface area contributed by atoms with Gasteiger partial charge in [-0.25, -0.2) is 9.59 Å². The number of carboxylic acid groups (broad SMARTS) is 3. The molecule has 9 N–H and O–H groups in total. The number of nitrogens with zero attached hydrogens (tertiary/aromatic N) is 6. The maximum atomic E-state index is 13.6. The van der Waals surface area contributed by atoms with Crippen molar-refractivity contribution in [1.29, 1.82) is 0 Å². The zero-order valence-electron chi connectivity index (χ0n) is 58.7. The molecule has 0 aliphatic carbocycles. The first kappa shape index (κ1) is 82.7. The van der Waals surface area contributed by atoms with Crippen LogP contribution < -0.4 is 61.3 Å². The van der Waals surface area contributed by atoms with Gasteiger partial charge in [-0.05, 0) is 42.0 Å². The number of alkyl carbamates (subject to hydrolysis) is 2. The summed E-state index contributed by atoms with van der Waals surface area (Å²) in [5.74, 6) is -11.8. The maximum absolute atomic E-state index is 13.6. The summed E-state index contributed by atoms with van der Waals surface area (Å²) in [4.78, 5) is 239. The van der Waals surface area contributed by atoms with Crippen molar-refractivity contribution in [3.05, 3.63) is 145 Å². The number of fused-ring (bicyclic) bond motifs is 3. The van der Waals surface area contributed by atoms with Crippen molar-refractivity contribution >= 4 is 148 Å². The van der Waals surface area contributed by atoms with E-state index in [0.717, 1.165) is 20.3 Å². The highest BCUT2D eigenvalue weighted by molar-refractivity contribution is 6.43.